The number of benzene rings is 1. The second-order valence-corrected chi connectivity index (χ2v) is 4.11. The average molecular weight is 268 g/mol. The maximum Gasteiger partial charge on any atom is 0.303 e. The Kier molecular flexibility index (Phi) is 5.94. The van der Waals surface area contributed by atoms with E-state index in [1.165, 1.54) is 6.08 Å². The van der Waals surface area contributed by atoms with Gasteiger partial charge in [-0.05, 0) is 30.2 Å². The van der Waals surface area contributed by atoms with Gasteiger partial charge in [0, 0.05) is 24.1 Å². The zero-order chi connectivity index (χ0) is 13.4. The Balaban J connectivity index is 2.33. The molecule has 96 valence electrons. The second kappa shape index (κ2) is 7.50. The SMILES string of the molecule is O=C(O)CCCNC(=O)/C=C/c1cccc(Cl)c1. The number of hydrogen-bond donors (Lipinski definition) is 2. The van der Waals surface area contributed by atoms with E-state index in [2.05, 4.69) is 5.32 Å². The first-order chi connectivity index (χ1) is 8.58. The maximum atomic E-state index is 11.4. The fourth-order valence-electron chi connectivity index (χ4n) is 1.29. The standard InChI is InChI=1S/C13H14ClNO3/c14-11-4-1-3-10(9-11)6-7-12(16)15-8-2-5-13(17)18/h1,3-4,6-7,9H,2,5,8H2,(H,15,16)(H,17,18)/b7-6+. The molecule has 0 radical (unpaired) electrons. The number of rotatable bonds is 6. The van der Waals surface area contributed by atoms with Crippen molar-refractivity contribution in [2.24, 2.45) is 0 Å². The van der Waals surface area contributed by atoms with E-state index in [4.69, 9.17) is 16.7 Å². The molecule has 0 spiro atoms. The summed E-state index contributed by atoms with van der Waals surface area (Å²) in [6, 6.07) is 7.13. The molecule has 4 nitrogen and oxygen atoms in total. The molecule has 0 saturated heterocycles. The molecule has 0 unspecified atom stereocenters. The van der Waals surface area contributed by atoms with Crippen LogP contribution in [0.2, 0.25) is 5.02 Å². The van der Waals surface area contributed by atoms with E-state index >= 15 is 0 Å². The quantitative estimate of drug-likeness (QED) is 0.614. The highest BCUT2D eigenvalue weighted by Crippen LogP contribution is 2.11. The highest BCUT2D eigenvalue weighted by Gasteiger charge is 1.98. The molecular weight excluding hydrogens is 254 g/mol. The molecule has 0 fully saturated rings. The van der Waals surface area contributed by atoms with Gasteiger partial charge in [-0.15, -0.1) is 0 Å². The van der Waals surface area contributed by atoms with Crippen LogP contribution in [0.1, 0.15) is 18.4 Å². The number of amides is 1. The number of aliphatic carboxylic acids is 1. The Morgan fingerprint density at radius 1 is 1.39 bits per heavy atom. The topological polar surface area (TPSA) is 66.4 Å². The van der Waals surface area contributed by atoms with Crippen LogP contribution >= 0.6 is 11.6 Å². The number of carboxylic acids is 1. The van der Waals surface area contributed by atoms with Gasteiger partial charge in [0.05, 0.1) is 0 Å². The normalized spacial score (nSPS) is 10.5. The molecule has 0 aliphatic heterocycles. The monoisotopic (exact) mass is 267 g/mol. The van der Waals surface area contributed by atoms with Crippen LogP contribution in [0.3, 0.4) is 0 Å². The summed E-state index contributed by atoms with van der Waals surface area (Å²) in [5.41, 5.74) is 0.836. The number of hydrogen-bond acceptors (Lipinski definition) is 2. The first kappa shape index (κ1) is 14.3. The number of carbonyl (C=O) groups excluding carboxylic acids is 1. The third-order valence-corrected chi connectivity index (χ3v) is 2.38. The molecule has 0 saturated carbocycles. The summed E-state index contributed by atoms with van der Waals surface area (Å²) >= 11 is 5.80. The Hall–Kier alpha value is -1.81. The van der Waals surface area contributed by atoms with Crippen LogP contribution in [0.5, 0.6) is 0 Å². The van der Waals surface area contributed by atoms with Gasteiger partial charge in [0.1, 0.15) is 0 Å². The fourth-order valence-corrected chi connectivity index (χ4v) is 1.49. The lowest BCUT2D eigenvalue weighted by Crippen LogP contribution is -2.22. The van der Waals surface area contributed by atoms with E-state index in [-0.39, 0.29) is 12.3 Å². The van der Waals surface area contributed by atoms with Gasteiger partial charge in [-0.1, -0.05) is 23.7 Å². The summed E-state index contributed by atoms with van der Waals surface area (Å²) in [6.45, 7) is 0.352. The van der Waals surface area contributed by atoms with Crippen LogP contribution in [0.25, 0.3) is 6.08 Å². The Morgan fingerprint density at radius 2 is 2.17 bits per heavy atom. The van der Waals surface area contributed by atoms with Crippen LogP contribution in [0.4, 0.5) is 0 Å². The molecule has 1 rings (SSSR count). The predicted molar refractivity (Wildman–Crippen MR) is 70.4 cm³/mol. The molecule has 0 aromatic heterocycles. The fraction of sp³-hybridized carbons (Fsp3) is 0.231. The van der Waals surface area contributed by atoms with Gasteiger partial charge in [0.15, 0.2) is 0 Å². The highest BCUT2D eigenvalue weighted by molar-refractivity contribution is 6.30. The number of halogens is 1. The Bertz CT molecular complexity index is 457. The third kappa shape index (κ3) is 6.06. The van der Waals surface area contributed by atoms with Gasteiger partial charge in [-0.25, -0.2) is 0 Å². The van der Waals surface area contributed by atoms with Crippen molar-refractivity contribution in [3.8, 4) is 0 Å². The molecule has 0 heterocycles. The molecule has 0 atom stereocenters. The molecule has 5 heteroatoms. The smallest absolute Gasteiger partial charge is 0.303 e. The Labute approximate surface area is 110 Å². The van der Waals surface area contributed by atoms with Crippen molar-refractivity contribution in [3.05, 3.63) is 40.9 Å². The molecule has 1 aromatic carbocycles. The highest BCUT2D eigenvalue weighted by atomic mass is 35.5. The lowest BCUT2D eigenvalue weighted by atomic mass is 10.2. The third-order valence-electron chi connectivity index (χ3n) is 2.14. The largest absolute Gasteiger partial charge is 0.481 e. The average Bonchev–Trinajstić information content (AvgIpc) is 2.32. The van der Waals surface area contributed by atoms with E-state index in [1.54, 1.807) is 24.3 Å². The van der Waals surface area contributed by atoms with Crippen molar-refractivity contribution >= 4 is 29.6 Å². The Morgan fingerprint density at radius 3 is 2.83 bits per heavy atom. The number of carbonyl (C=O) groups is 2. The molecule has 0 bridgehead atoms. The zero-order valence-electron chi connectivity index (χ0n) is 9.73. The summed E-state index contributed by atoms with van der Waals surface area (Å²) in [5, 5.41) is 11.6. The molecule has 18 heavy (non-hydrogen) atoms. The summed E-state index contributed by atoms with van der Waals surface area (Å²) < 4.78 is 0. The van der Waals surface area contributed by atoms with Gasteiger partial charge in [0.2, 0.25) is 5.91 Å². The van der Waals surface area contributed by atoms with E-state index in [9.17, 15) is 9.59 Å². The molecule has 0 aliphatic carbocycles. The van der Waals surface area contributed by atoms with Gasteiger partial charge in [0.25, 0.3) is 0 Å². The van der Waals surface area contributed by atoms with Crippen molar-refractivity contribution in [1.82, 2.24) is 5.32 Å². The predicted octanol–water partition coefficient (Wildman–Crippen LogP) is 2.33. The summed E-state index contributed by atoms with van der Waals surface area (Å²) in [7, 11) is 0. The summed E-state index contributed by atoms with van der Waals surface area (Å²) in [4.78, 5) is 21.6. The molecular formula is C13H14ClNO3. The van der Waals surface area contributed by atoms with Crippen molar-refractivity contribution in [3.63, 3.8) is 0 Å². The lowest BCUT2D eigenvalue weighted by molar-refractivity contribution is -0.137. The van der Waals surface area contributed by atoms with E-state index in [1.807, 2.05) is 6.07 Å². The minimum absolute atomic E-state index is 0.0539. The molecule has 1 amide bonds. The van der Waals surface area contributed by atoms with Crippen LogP contribution < -0.4 is 5.32 Å². The van der Waals surface area contributed by atoms with Crippen molar-refractivity contribution < 1.29 is 14.7 Å². The summed E-state index contributed by atoms with van der Waals surface area (Å²) in [6.07, 6.45) is 3.52. The minimum Gasteiger partial charge on any atom is -0.481 e. The zero-order valence-corrected chi connectivity index (χ0v) is 10.5. The number of carboxylic acid groups (broad SMARTS) is 1. The van der Waals surface area contributed by atoms with Crippen molar-refractivity contribution in [2.75, 3.05) is 6.54 Å². The van der Waals surface area contributed by atoms with Gasteiger partial charge in [-0.3, -0.25) is 9.59 Å². The second-order valence-electron chi connectivity index (χ2n) is 3.68. The first-order valence-electron chi connectivity index (χ1n) is 5.51. The van der Waals surface area contributed by atoms with E-state index in [0.29, 0.717) is 18.0 Å². The van der Waals surface area contributed by atoms with Gasteiger partial charge in [-0.2, -0.15) is 0 Å². The molecule has 0 aliphatic rings. The van der Waals surface area contributed by atoms with E-state index < -0.39 is 5.97 Å². The molecule has 1 aromatic rings. The van der Waals surface area contributed by atoms with Gasteiger partial charge < -0.3 is 10.4 Å². The van der Waals surface area contributed by atoms with Crippen molar-refractivity contribution in [1.29, 1.82) is 0 Å². The minimum atomic E-state index is -0.862. The van der Waals surface area contributed by atoms with Crippen LogP contribution in [0.15, 0.2) is 30.3 Å². The van der Waals surface area contributed by atoms with Gasteiger partial charge >= 0.3 is 5.97 Å². The van der Waals surface area contributed by atoms with Crippen LogP contribution in [0, 0.1) is 0 Å². The first-order valence-corrected chi connectivity index (χ1v) is 5.89. The lowest BCUT2D eigenvalue weighted by Gasteiger charge is -2.00. The van der Waals surface area contributed by atoms with Crippen LogP contribution in [-0.4, -0.2) is 23.5 Å². The van der Waals surface area contributed by atoms with Crippen LogP contribution in [-0.2, 0) is 9.59 Å². The summed E-state index contributed by atoms with van der Waals surface area (Å²) in [5.74, 6) is -1.11. The molecule has 2 N–H and O–H groups in total. The number of nitrogens with one attached hydrogen (secondary N) is 1. The van der Waals surface area contributed by atoms with E-state index in [0.717, 1.165) is 5.56 Å². The maximum absolute atomic E-state index is 11.4. The van der Waals surface area contributed by atoms with Crippen molar-refractivity contribution in [2.45, 2.75) is 12.8 Å².